The maximum Gasteiger partial charge on any atom is 0.416 e. The van der Waals surface area contributed by atoms with Gasteiger partial charge in [0.25, 0.3) is 5.78 Å². The van der Waals surface area contributed by atoms with Crippen LogP contribution in [0.25, 0.3) is 16.7 Å². The minimum absolute atomic E-state index is 0.346. The molecule has 1 saturated heterocycles. The van der Waals surface area contributed by atoms with Crippen molar-refractivity contribution in [2.24, 2.45) is 0 Å². The second kappa shape index (κ2) is 6.82. The van der Waals surface area contributed by atoms with Crippen molar-refractivity contribution < 1.29 is 13.2 Å². The van der Waals surface area contributed by atoms with Crippen molar-refractivity contribution in [3.05, 3.63) is 54.1 Å². The van der Waals surface area contributed by atoms with Gasteiger partial charge in [-0.05, 0) is 25.1 Å². The first-order valence-corrected chi connectivity index (χ1v) is 9.53. The van der Waals surface area contributed by atoms with Gasteiger partial charge in [0.05, 0.1) is 11.1 Å². The van der Waals surface area contributed by atoms with Gasteiger partial charge in [-0.2, -0.15) is 27.8 Å². The lowest BCUT2D eigenvalue weighted by Gasteiger charge is -2.37. The molecule has 4 heterocycles. The number of aryl methyl sites for hydroxylation is 1. The van der Waals surface area contributed by atoms with Gasteiger partial charge in [-0.3, -0.25) is 4.98 Å². The molecule has 0 N–H and O–H groups in total. The maximum absolute atomic E-state index is 13.0. The summed E-state index contributed by atoms with van der Waals surface area (Å²) in [5, 5.41) is 4.99. The molecule has 1 aliphatic rings. The number of anilines is 2. The normalized spacial score (nSPS) is 15.3. The molecular weight excluding hydrogens is 395 g/mol. The van der Waals surface area contributed by atoms with Gasteiger partial charge in [0.1, 0.15) is 12.1 Å². The molecule has 7 nitrogen and oxygen atoms in total. The molecular formula is C20H18F3N7. The van der Waals surface area contributed by atoms with Gasteiger partial charge in [-0.1, -0.05) is 6.07 Å². The fourth-order valence-electron chi connectivity index (χ4n) is 3.90. The second-order valence-electron chi connectivity index (χ2n) is 7.26. The van der Waals surface area contributed by atoms with Crippen LogP contribution in [0.4, 0.5) is 24.7 Å². The summed E-state index contributed by atoms with van der Waals surface area (Å²) in [6.07, 6.45) is -1.33. The lowest BCUT2D eigenvalue weighted by molar-refractivity contribution is -0.137. The van der Waals surface area contributed by atoms with Gasteiger partial charge in [-0.15, -0.1) is 0 Å². The van der Waals surface area contributed by atoms with Gasteiger partial charge < -0.3 is 9.80 Å². The van der Waals surface area contributed by atoms with E-state index in [0.717, 1.165) is 60.9 Å². The number of aromatic nitrogens is 5. The van der Waals surface area contributed by atoms with Gasteiger partial charge in [-0.25, -0.2) is 4.98 Å². The molecule has 0 amide bonds. The Balaban J connectivity index is 1.41. The van der Waals surface area contributed by atoms with Crippen molar-refractivity contribution in [2.45, 2.75) is 13.1 Å². The average Bonchev–Trinajstić information content (AvgIpc) is 3.20. The van der Waals surface area contributed by atoms with Gasteiger partial charge >= 0.3 is 6.18 Å². The largest absolute Gasteiger partial charge is 0.416 e. The number of benzene rings is 1. The van der Waals surface area contributed by atoms with E-state index in [4.69, 9.17) is 0 Å². The molecule has 0 radical (unpaired) electrons. The summed E-state index contributed by atoms with van der Waals surface area (Å²) in [4.78, 5) is 17.1. The van der Waals surface area contributed by atoms with E-state index >= 15 is 0 Å². The summed E-state index contributed by atoms with van der Waals surface area (Å²) in [6.45, 7) is 4.84. The zero-order valence-electron chi connectivity index (χ0n) is 16.1. The number of nitrogens with zero attached hydrogens (tertiary/aromatic N) is 7. The van der Waals surface area contributed by atoms with Crippen molar-refractivity contribution in [3.8, 4) is 0 Å². The van der Waals surface area contributed by atoms with Crippen molar-refractivity contribution in [3.63, 3.8) is 0 Å². The summed E-state index contributed by atoms with van der Waals surface area (Å²) in [7, 11) is 0. The fourth-order valence-corrected chi connectivity index (χ4v) is 3.90. The van der Waals surface area contributed by atoms with E-state index in [1.165, 1.54) is 12.4 Å². The second-order valence-corrected chi connectivity index (χ2v) is 7.26. The molecule has 3 aromatic heterocycles. The molecule has 0 aliphatic carbocycles. The first-order valence-electron chi connectivity index (χ1n) is 9.53. The maximum atomic E-state index is 13.0. The first kappa shape index (κ1) is 18.6. The summed E-state index contributed by atoms with van der Waals surface area (Å²) in [5.74, 6) is 1.50. The molecule has 0 bridgehead atoms. The van der Waals surface area contributed by atoms with E-state index in [0.29, 0.717) is 11.3 Å². The molecule has 1 aliphatic heterocycles. The lowest BCUT2D eigenvalue weighted by Crippen LogP contribution is -2.47. The standard InChI is InChI=1S/C20H18F3N7/c1-13-10-18(30-19(27-13)25-12-26-30)29-8-6-28(7-9-29)17-4-5-24-16-11-14(20(21,22)23)2-3-15(16)17/h2-5,10-12H,6-9H2,1H3. The topological polar surface area (TPSA) is 62.5 Å². The highest BCUT2D eigenvalue weighted by atomic mass is 19.4. The molecule has 0 unspecified atom stereocenters. The highest BCUT2D eigenvalue weighted by Gasteiger charge is 2.31. The summed E-state index contributed by atoms with van der Waals surface area (Å²) in [5.41, 5.74) is 1.42. The van der Waals surface area contributed by atoms with Crippen LogP contribution in [0.2, 0.25) is 0 Å². The third kappa shape index (κ3) is 3.17. The van der Waals surface area contributed by atoms with Crippen LogP contribution in [0.5, 0.6) is 0 Å². The lowest BCUT2D eigenvalue weighted by atomic mass is 10.1. The number of fused-ring (bicyclic) bond motifs is 2. The Kier molecular flexibility index (Phi) is 4.23. The van der Waals surface area contributed by atoms with Crippen LogP contribution in [0.15, 0.2) is 42.9 Å². The van der Waals surface area contributed by atoms with Crippen LogP contribution in [0, 0.1) is 6.92 Å². The van der Waals surface area contributed by atoms with E-state index < -0.39 is 11.7 Å². The number of rotatable bonds is 2. The molecule has 154 valence electrons. The molecule has 0 spiro atoms. The van der Waals surface area contributed by atoms with Gasteiger partial charge in [0.15, 0.2) is 0 Å². The molecule has 0 saturated carbocycles. The highest BCUT2D eigenvalue weighted by Crippen LogP contribution is 2.34. The van der Waals surface area contributed by atoms with Crippen LogP contribution >= 0.6 is 0 Å². The molecule has 10 heteroatoms. The minimum Gasteiger partial charge on any atom is -0.367 e. The Morgan fingerprint density at radius 3 is 2.47 bits per heavy atom. The van der Waals surface area contributed by atoms with Crippen molar-refractivity contribution >= 4 is 28.2 Å². The van der Waals surface area contributed by atoms with Crippen LogP contribution < -0.4 is 9.80 Å². The van der Waals surface area contributed by atoms with Crippen molar-refractivity contribution in [1.82, 2.24) is 24.6 Å². The summed E-state index contributed by atoms with van der Waals surface area (Å²) >= 11 is 0. The number of piperazine rings is 1. The number of hydrogen-bond donors (Lipinski definition) is 0. The Hall–Kier alpha value is -3.43. The van der Waals surface area contributed by atoms with E-state index in [1.54, 1.807) is 10.7 Å². The number of hydrogen-bond acceptors (Lipinski definition) is 6. The fraction of sp³-hybridized carbons (Fsp3) is 0.300. The van der Waals surface area contributed by atoms with E-state index in [2.05, 4.69) is 29.9 Å². The van der Waals surface area contributed by atoms with Crippen molar-refractivity contribution in [1.29, 1.82) is 0 Å². The quantitative estimate of drug-likeness (QED) is 0.502. The summed E-state index contributed by atoms with van der Waals surface area (Å²) in [6, 6.07) is 7.58. The van der Waals surface area contributed by atoms with Crippen LogP contribution in [0.3, 0.4) is 0 Å². The minimum atomic E-state index is -4.38. The third-order valence-corrected chi connectivity index (χ3v) is 5.35. The zero-order valence-corrected chi connectivity index (χ0v) is 16.1. The molecule has 4 aromatic rings. The van der Waals surface area contributed by atoms with E-state index in [9.17, 15) is 13.2 Å². The smallest absolute Gasteiger partial charge is 0.367 e. The number of halogens is 3. The molecule has 30 heavy (non-hydrogen) atoms. The Morgan fingerprint density at radius 2 is 1.70 bits per heavy atom. The average molecular weight is 413 g/mol. The van der Waals surface area contributed by atoms with Crippen LogP contribution in [-0.4, -0.2) is 50.7 Å². The SMILES string of the molecule is Cc1cc(N2CCN(c3ccnc4cc(C(F)(F)F)ccc34)CC2)n2ncnc2n1. The molecule has 0 atom stereocenters. The van der Waals surface area contributed by atoms with Crippen LogP contribution in [0.1, 0.15) is 11.3 Å². The first-order chi connectivity index (χ1) is 14.4. The molecule has 1 aromatic carbocycles. The summed E-state index contributed by atoms with van der Waals surface area (Å²) < 4.78 is 40.8. The van der Waals surface area contributed by atoms with Gasteiger partial charge in [0, 0.05) is 55.2 Å². The molecule has 1 fully saturated rings. The number of pyridine rings is 1. The van der Waals surface area contributed by atoms with E-state index in [-0.39, 0.29) is 0 Å². The molecule has 5 rings (SSSR count). The van der Waals surface area contributed by atoms with Crippen molar-refractivity contribution in [2.75, 3.05) is 36.0 Å². The third-order valence-electron chi connectivity index (χ3n) is 5.35. The zero-order chi connectivity index (χ0) is 20.9. The van der Waals surface area contributed by atoms with Gasteiger partial charge in [0.2, 0.25) is 0 Å². The monoisotopic (exact) mass is 413 g/mol. The Bertz CT molecular complexity index is 1230. The van der Waals surface area contributed by atoms with E-state index in [1.807, 2.05) is 19.1 Å². The Morgan fingerprint density at radius 1 is 0.933 bits per heavy atom. The predicted octanol–water partition coefficient (Wildman–Crippen LogP) is 3.33. The van der Waals surface area contributed by atoms with Crippen LogP contribution in [-0.2, 0) is 6.18 Å². The Labute approximate surface area is 169 Å². The predicted molar refractivity (Wildman–Crippen MR) is 107 cm³/mol. The number of alkyl halides is 3. The highest BCUT2D eigenvalue weighted by molar-refractivity contribution is 5.92.